The minimum Gasteiger partial charge on any atom is -0.386 e. The topological polar surface area (TPSA) is 54.0 Å². The largest absolute Gasteiger partial charge is 0.386 e. The predicted octanol–water partition coefficient (Wildman–Crippen LogP) is 2.04. The summed E-state index contributed by atoms with van der Waals surface area (Å²) in [6, 6.07) is 1.74. The third-order valence-corrected chi connectivity index (χ3v) is 3.11. The van der Waals surface area contributed by atoms with Crippen LogP contribution in [0.5, 0.6) is 0 Å². The van der Waals surface area contributed by atoms with Gasteiger partial charge in [-0.3, -0.25) is 9.78 Å². The van der Waals surface area contributed by atoms with E-state index in [4.69, 9.17) is 0 Å². The number of amides is 1. The van der Waals surface area contributed by atoms with Gasteiger partial charge in [-0.15, -0.1) is 0 Å². The van der Waals surface area contributed by atoms with Crippen LogP contribution < -0.4 is 10.6 Å². The van der Waals surface area contributed by atoms with E-state index in [0.29, 0.717) is 5.56 Å². The van der Waals surface area contributed by atoms with Crippen LogP contribution in [0.1, 0.15) is 36.0 Å². The Morgan fingerprint density at radius 3 is 3.06 bits per heavy atom. The molecule has 1 amide bonds. The predicted molar refractivity (Wildman–Crippen MR) is 68.1 cm³/mol. The molecule has 0 radical (unpaired) electrons. The second kappa shape index (κ2) is 5.66. The molecule has 0 spiro atoms. The van der Waals surface area contributed by atoms with Crippen LogP contribution in [0.25, 0.3) is 0 Å². The normalized spacial score (nSPS) is 14.4. The van der Waals surface area contributed by atoms with Crippen molar-refractivity contribution in [2.75, 3.05) is 18.9 Å². The van der Waals surface area contributed by atoms with E-state index in [9.17, 15) is 4.79 Å². The molecule has 4 nitrogen and oxygen atoms in total. The van der Waals surface area contributed by atoms with E-state index < -0.39 is 0 Å². The maximum absolute atomic E-state index is 11.9. The Labute approximate surface area is 102 Å². The molecule has 2 rings (SSSR count). The number of anilines is 1. The first kappa shape index (κ1) is 11.9. The van der Waals surface area contributed by atoms with Gasteiger partial charge in [0.25, 0.3) is 5.91 Å². The monoisotopic (exact) mass is 233 g/mol. The Morgan fingerprint density at radius 1 is 1.53 bits per heavy atom. The number of nitrogens with zero attached hydrogens (tertiary/aromatic N) is 1. The highest BCUT2D eigenvalue weighted by atomic mass is 16.1. The van der Waals surface area contributed by atoms with Gasteiger partial charge in [0.15, 0.2) is 0 Å². The lowest BCUT2D eigenvalue weighted by Gasteiger charge is -2.08. The Kier molecular flexibility index (Phi) is 3.96. The minimum absolute atomic E-state index is 0.0208. The van der Waals surface area contributed by atoms with Crippen LogP contribution >= 0.6 is 0 Å². The van der Waals surface area contributed by atoms with E-state index in [2.05, 4.69) is 15.6 Å². The van der Waals surface area contributed by atoms with Crippen molar-refractivity contribution in [3.8, 4) is 0 Å². The van der Waals surface area contributed by atoms with Crippen LogP contribution in [-0.2, 0) is 0 Å². The summed E-state index contributed by atoms with van der Waals surface area (Å²) in [4.78, 5) is 15.9. The number of rotatable bonds is 6. The maximum Gasteiger partial charge on any atom is 0.253 e. The van der Waals surface area contributed by atoms with E-state index in [1.807, 2.05) is 0 Å². The quantitative estimate of drug-likeness (QED) is 0.739. The molecule has 17 heavy (non-hydrogen) atoms. The van der Waals surface area contributed by atoms with Crippen LogP contribution in [0, 0.1) is 5.92 Å². The number of hydrogen-bond donors (Lipinski definition) is 2. The van der Waals surface area contributed by atoms with Gasteiger partial charge < -0.3 is 10.6 Å². The van der Waals surface area contributed by atoms with Crippen molar-refractivity contribution in [2.24, 2.45) is 5.92 Å². The van der Waals surface area contributed by atoms with E-state index in [1.165, 1.54) is 19.3 Å². The van der Waals surface area contributed by atoms with Gasteiger partial charge in [0, 0.05) is 19.8 Å². The molecule has 0 bridgehead atoms. The summed E-state index contributed by atoms with van der Waals surface area (Å²) in [5.41, 5.74) is 1.43. The highest BCUT2D eigenvalue weighted by molar-refractivity contribution is 5.99. The van der Waals surface area contributed by atoms with Gasteiger partial charge in [-0.25, -0.2) is 0 Å². The van der Waals surface area contributed by atoms with Gasteiger partial charge in [0.05, 0.1) is 17.4 Å². The fourth-order valence-electron chi connectivity index (χ4n) is 1.89. The van der Waals surface area contributed by atoms with Gasteiger partial charge >= 0.3 is 0 Å². The van der Waals surface area contributed by atoms with Crippen LogP contribution in [-0.4, -0.2) is 24.5 Å². The van der Waals surface area contributed by atoms with Gasteiger partial charge in [0.1, 0.15) is 0 Å². The summed E-state index contributed by atoms with van der Waals surface area (Å²) in [6.45, 7) is 0.765. The maximum atomic E-state index is 11.9. The van der Waals surface area contributed by atoms with E-state index in [0.717, 1.165) is 24.6 Å². The van der Waals surface area contributed by atoms with Crippen molar-refractivity contribution in [2.45, 2.75) is 25.7 Å². The van der Waals surface area contributed by atoms with Crippen molar-refractivity contribution in [3.05, 3.63) is 24.0 Å². The molecule has 2 N–H and O–H groups in total. The highest BCUT2D eigenvalue weighted by Gasteiger charge is 2.20. The first-order valence-corrected chi connectivity index (χ1v) is 6.21. The van der Waals surface area contributed by atoms with Crippen molar-refractivity contribution in [1.82, 2.24) is 10.3 Å². The smallest absolute Gasteiger partial charge is 0.253 e. The lowest BCUT2D eigenvalue weighted by atomic mass is 10.2. The lowest BCUT2D eigenvalue weighted by molar-refractivity contribution is 0.0953. The molecule has 1 aliphatic carbocycles. The zero-order valence-electron chi connectivity index (χ0n) is 10.2. The fourth-order valence-corrected chi connectivity index (χ4v) is 1.89. The molecular weight excluding hydrogens is 214 g/mol. The molecule has 0 unspecified atom stereocenters. The number of carbonyl (C=O) groups excluding carboxylic acids is 1. The Bertz CT molecular complexity index is 388. The summed E-state index contributed by atoms with van der Waals surface area (Å²) >= 11 is 0. The molecule has 1 aromatic heterocycles. The molecule has 4 heteroatoms. The molecule has 1 aromatic rings. The van der Waals surface area contributed by atoms with Gasteiger partial charge in [-0.2, -0.15) is 0 Å². The van der Waals surface area contributed by atoms with Crippen LogP contribution in [0.15, 0.2) is 18.5 Å². The summed E-state index contributed by atoms with van der Waals surface area (Å²) in [7, 11) is 1.79. The summed E-state index contributed by atoms with van der Waals surface area (Å²) in [6.07, 6.45) is 8.38. The Hall–Kier alpha value is -1.58. The number of pyridine rings is 1. The fraction of sp³-hybridized carbons (Fsp3) is 0.538. The third kappa shape index (κ3) is 3.44. The first-order valence-electron chi connectivity index (χ1n) is 6.21. The van der Waals surface area contributed by atoms with E-state index in [1.54, 1.807) is 25.5 Å². The van der Waals surface area contributed by atoms with Crippen molar-refractivity contribution in [3.63, 3.8) is 0 Å². The second-order valence-electron chi connectivity index (χ2n) is 4.51. The molecule has 0 aliphatic heterocycles. The molecule has 1 heterocycles. The number of carbonyl (C=O) groups is 1. The molecule has 0 atom stereocenters. The van der Waals surface area contributed by atoms with Crippen LogP contribution in [0.3, 0.4) is 0 Å². The Balaban J connectivity index is 1.80. The average molecular weight is 233 g/mol. The molecular formula is C13H19N3O. The van der Waals surface area contributed by atoms with Crippen LogP contribution in [0.4, 0.5) is 5.69 Å². The average Bonchev–Trinajstić information content (AvgIpc) is 3.18. The summed E-state index contributed by atoms with van der Waals surface area (Å²) in [5.74, 6) is 0.910. The molecule has 1 fully saturated rings. The summed E-state index contributed by atoms with van der Waals surface area (Å²) < 4.78 is 0. The standard InChI is InChI=1S/C13H19N3O/c1-14-12-9-15-8-6-11(12)13(17)16-7-2-3-10-4-5-10/h6,8-10,14H,2-5,7H2,1H3,(H,16,17). The minimum atomic E-state index is -0.0208. The summed E-state index contributed by atoms with van der Waals surface area (Å²) in [5, 5.41) is 5.92. The van der Waals surface area contributed by atoms with Crippen molar-refractivity contribution < 1.29 is 4.79 Å². The van der Waals surface area contributed by atoms with E-state index >= 15 is 0 Å². The molecule has 1 saturated carbocycles. The number of hydrogen-bond acceptors (Lipinski definition) is 3. The first-order chi connectivity index (χ1) is 8.31. The van der Waals surface area contributed by atoms with E-state index in [-0.39, 0.29) is 5.91 Å². The second-order valence-corrected chi connectivity index (χ2v) is 4.51. The van der Waals surface area contributed by atoms with Gasteiger partial charge in [-0.1, -0.05) is 12.8 Å². The third-order valence-electron chi connectivity index (χ3n) is 3.11. The Morgan fingerprint density at radius 2 is 2.35 bits per heavy atom. The molecule has 0 saturated heterocycles. The number of nitrogens with one attached hydrogen (secondary N) is 2. The number of aromatic nitrogens is 1. The SMILES string of the molecule is CNc1cnccc1C(=O)NCCCC1CC1. The molecule has 92 valence electrons. The van der Waals surface area contributed by atoms with Gasteiger partial charge in [0.2, 0.25) is 0 Å². The zero-order valence-corrected chi connectivity index (χ0v) is 10.2. The van der Waals surface area contributed by atoms with Crippen molar-refractivity contribution in [1.29, 1.82) is 0 Å². The van der Waals surface area contributed by atoms with Crippen molar-refractivity contribution >= 4 is 11.6 Å². The molecule has 1 aliphatic rings. The zero-order chi connectivity index (χ0) is 12.1. The molecule has 0 aromatic carbocycles. The highest BCUT2D eigenvalue weighted by Crippen LogP contribution is 2.33. The lowest BCUT2D eigenvalue weighted by Crippen LogP contribution is -2.25. The van der Waals surface area contributed by atoms with Gasteiger partial charge in [-0.05, 0) is 24.8 Å². The van der Waals surface area contributed by atoms with Crippen LogP contribution in [0.2, 0.25) is 0 Å².